The van der Waals surface area contributed by atoms with Crippen LogP contribution in [0.2, 0.25) is 0 Å². The van der Waals surface area contributed by atoms with Gasteiger partial charge in [-0.15, -0.1) is 0 Å². The van der Waals surface area contributed by atoms with Crippen molar-refractivity contribution in [2.75, 3.05) is 11.9 Å². The Hall–Kier alpha value is -3.15. The maximum atomic E-state index is 12.5. The first kappa shape index (κ1) is 19.6. The molecule has 6 nitrogen and oxygen atoms in total. The number of anilines is 1. The molecule has 1 aliphatic rings. The van der Waals surface area contributed by atoms with Crippen LogP contribution in [-0.4, -0.2) is 35.3 Å². The van der Waals surface area contributed by atoms with E-state index in [4.69, 9.17) is 4.74 Å². The Morgan fingerprint density at radius 1 is 1.04 bits per heavy atom. The third-order valence-corrected chi connectivity index (χ3v) is 4.94. The van der Waals surface area contributed by atoms with Gasteiger partial charge < -0.3 is 15.0 Å². The molecule has 3 rings (SSSR count). The highest BCUT2D eigenvalue weighted by molar-refractivity contribution is 5.95. The minimum absolute atomic E-state index is 0.0836. The van der Waals surface area contributed by atoms with Gasteiger partial charge in [-0.05, 0) is 31.5 Å². The SMILES string of the molecule is C[C@H](OC(=O)[C@H]1CC(=O)N([C@H](C)c2ccccc2)C1)C(=O)Nc1ccccc1. The third kappa shape index (κ3) is 4.57. The largest absolute Gasteiger partial charge is 0.452 e. The number of ether oxygens (including phenoxy) is 1. The molecule has 2 aromatic carbocycles. The molecule has 3 atom stereocenters. The highest BCUT2D eigenvalue weighted by Gasteiger charge is 2.38. The van der Waals surface area contributed by atoms with Crippen molar-refractivity contribution in [1.29, 1.82) is 0 Å². The summed E-state index contributed by atoms with van der Waals surface area (Å²) in [5.74, 6) is -1.57. The monoisotopic (exact) mass is 380 g/mol. The summed E-state index contributed by atoms with van der Waals surface area (Å²) in [5, 5.41) is 2.70. The number of carbonyl (C=O) groups excluding carboxylic acids is 3. The zero-order valence-corrected chi connectivity index (χ0v) is 16.0. The Morgan fingerprint density at radius 3 is 2.29 bits per heavy atom. The highest BCUT2D eigenvalue weighted by atomic mass is 16.5. The van der Waals surface area contributed by atoms with Crippen LogP contribution in [-0.2, 0) is 19.1 Å². The van der Waals surface area contributed by atoms with Crippen molar-refractivity contribution < 1.29 is 19.1 Å². The molecule has 1 saturated heterocycles. The van der Waals surface area contributed by atoms with Gasteiger partial charge in [0, 0.05) is 18.7 Å². The van der Waals surface area contributed by atoms with E-state index < -0.39 is 23.9 Å². The molecule has 0 saturated carbocycles. The normalized spacial score (nSPS) is 18.4. The number of carbonyl (C=O) groups is 3. The smallest absolute Gasteiger partial charge is 0.312 e. The van der Waals surface area contributed by atoms with E-state index in [1.165, 1.54) is 6.92 Å². The van der Waals surface area contributed by atoms with Crippen molar-refractivity contribution >= 4 is 23.5 Å². The molecule has 0 bridgehead atoms. The van der Waals surface area contributed by atoms with Gasteiger partial charge in [-0.25, -0.2) is 0 Å². The van der Waals surface area contributed by atoms with Gasteiger partial charge in [-0.2, -0.15) is 0 Å². The van der Waals surface area contributed by atoms with E-state index in [1.807, 2.05) is 43.3 Å². The predicted molar refractivity (Wildman–Crippen MR) is 105 cm³/mol. The molecule has 2 aromatic rings. The van der Waals surface area contributed by atoms with Crippen LogP contribution in [0.4, 0.5) is 5.69 Å². The maximum absolute atomic E-state index is 12.5. The summed E-state index contributed by atoms with van der Waals surface area (Å²) in [6, 6.07) is 18.5. The molecule has 0 aromatic heterocycles. The van der Waals surface area contributed by atoms with E-state index >= 15 is 0 Å². The molecule has 2 amide bonds. The summed E-state index contributed by atoms with van der Waals surface area (Å²) >= 11 is 0. The lowest BCUT2D eigenvalue weighted by atomic mass is 10.1. The second kappa shape index (κ2) is 8.69. The second-order valence-corrected chi connectivity index (χ2v) is 6.97. The van der Waals surface area contributed by atoms with Crippen LogP contribution >= 0.6 is 0 Å². The molecule has 1 N–H and O–H groups in total. The third-order valence-electron chi connectivity index (χ3n) is 4.94. The Bertz CT molecular complexity index is 838. The predicted octanol–water partition coefficient (Wildman–Crippen LogP) is 3.17. The molecule has 28 heavy (non-hydrogen) atoms. The highest BCUT2D eigenvalue weighted by Crippen LogP contribution is 2.29. The summed E-state index contributed by atoms with van der Waals surface area (Å²) in [4.78, 5) is 38.8. The van der Waals surface area contributed by atoms with E-state index in [1.54, 1.807) is 29.2 Å². The van der Waals surface area contributed by atoms with Gasteiger partial charge in [0.2, 0.25) is 5.91 Å². The number of benzene rings is 2. The van der Waals surface area contributed by atoms with Crippen LogP contribution in [0, 0.1) is 5.92 Å². The van der Waals surface area contributed by atoms with Crippen LogP contribution in [0.5, 0.6) is 0 Å². The molecule has 146 valence electrons. The van der Waals surface area contributed by atoms with Crippen LogP contribution in [0.15, 0.2) is 60.7 Å². The molecule has 1 aliphatic heterocycles. The van der Waals surface area contributed by atoms with Crippen LogP contribution in [0.1, 0.15) is 31.9 Å². The molecule has 0 aliphatic carbocycles. The second-order valence-electron chi connectivity index (χ2n) is 6.97. The molecule has 0 spiro atoms. The van der Waals surface area contributed by atoms with Gasteiger partial charge in [-0.3, -0.25) is 14.4 Å². The Labute approximate surface area is 164 Å². The number of likely N-dealkylation sites (tertiary alicyclic amines) is 1. The summed E-state index contributed by atoms with van der Waals surface area (Å²) in [6.45, 7) is 3.76. The summed E-state index contributed by atoms with van der Waals surface area (Å²) in [6.07, 6.45) is -0.841. The Balaban J connectivity index is 1.56. The summed E-state index contributed by atoms with van der Waals surface area (Å²) < 4.78 is 5.32. The van der Waals surface area contributed by atoms with Gasteiger partial charge in [0.15, 0.2) is 6.10 Å². The average Bonchev–Trinajstić information content (AvgIpc) is 3.10. The number of amides is 2. The van der Waals surface area contributed by atoms with E-state index in [-0.39, 0.29) is 18.4 Å². The number of esters is 1. The summed E-state index contributed by atoms with van der Waals surface area (Å²) in [7, 11) is 0. The summed E-state index contributed by atoms with van der Waals surface area (Å²) in [5.41, 5.74) is 1.65. The lowest BCUT2D eigenvalue weighted by molar-refractivity contribution is -0.157. The van der Waals surface area contributed by atoms with Crippen molar-refractivity contribution in [1.82, 2.24) is 4.90 Å². The first-order valence-electron chi connectivity index (χ1n) is 9.36. The average molecular weight is 380 g/mol. The van der Waals surface area contributed by atoms with Gasteiger partial charge in [0.25, 0.3) is 5.91 Å². The number of para-hydroxylation sites is 1. The topological polar surface area (TPSA) is 75.7 Å². The van der Waals surface area contributed by atoms with Crippen LogP contribution in [0.3, 0.4) is 0 Å². The lowest BCUT2D eigenvalue weighted by Crippen LogP contribution is -2.33. The fraction of sp³-hybridized carbons (Fsp3) is 0.318. The quantitative estimate of drug-likeness (QED) is 0.781. The molecule has 0 radical (unpaired) electrons. The number of hydrogen-bond acceptors (Lipinski definition) is 4. The van der Waals surface area contributed by atoms with Crippen LogP contribution < -0.4 is 5.32 Å². The number of rotatable bonds is 6. The minimum atomic E-state index is -0.941. The van der Waals surface area contributed by atoms with Gasteiger partial charge in [0.05, 0.1) is 12.0 Å². The van der Waals surface area contributed by atoms with E-state index in [9.17, 15) is 14.4 Å². The minimum Gasteiger partial charge on any atom is -0.452 e. The molecule has 1 heterocycles. The Kier molecular flexibility index (Phi) is 6.09. The van der Waals surface area contributed by atoms with Crippen molar-refractivity contribution in [3.63, 3.8) is 0 Å². The fourth-order valence-corrected chi connectivity index (χ4v) is 3.26. The standard InChI is InChI=1S/C22H24N2O4/c1-15(17-9-5-3-6-10-17)24-14-18(13-20(24)25)22(27)28-16(2)21(26)23-19-11-7-4-8-12-19/h3-12,15-16,18H,13-14H2,1-2H3,(H,23,26)/t15-,16+,18+/m1/s1. The number of nitrogens with one attached hydrogen (secondary N) is 1. The number of nitrogens with zero attached hydrogens (tertiary/aromatic N) is 1. The van der Waals surface area contributed by atoms with Crippen molar-refractivity contribution in [2.45, 2.75) is 32.4 Å². The first-order valence-corrected chi connectivity index (χ1v) is 9.36. The van der Waals surface area contributed by atoms with Crippen molar-refractivity contribution in [3.05, 3.63) is 66.2 Å². The van der Waals surface area contributed by atoms with Gasteiger partial charge >= 0.3 is 5.97 Å². The van der Waals surface area contributed by atoms with Gasteiger partial charge in [-0.1, -0.05) is 48.5 Å². The van der Waals surface area contributed by atoms with E-state index in [0.29, 0.717) is 12.2 Å². The van der Waals surface area contributed by atoms with E-state index in [2.05, 4.69) is 5.32 Å². The van der Waals surface area contributed by atoms with Crippen molar-refractivity contribution in [3.8, 4) is 0 Å². The fourth-order valence-electron chi connectivity index (χ4n) is 3.26. The molecule has 0 unspecified atom stereocenters. The molecule has 1 fully saturated rings. The zero-order valence-electron chi connectivity index (χ0n) is 16.0. The molecular weight excluding hydrogens is 356 g/mol. The maximum Gasteiger partial charge on any atom is 0.312 e. The number of hydrogen-bond donors (Lipinski definition) is 1. The van der Waals surface area contributed by atoms with E-state index in [0.717, 1.165) is 5.56 Å². The molecule has 6 heteroatoms. The zero-order chi connectivity index (χ0) is 20.1. The van der Waals surface area contributed by atoms with Gasteiger partial charge in [0.1, 0.15) is 0 Å². The van der Waals surface area contributed by atoms with Crippen molar-refractivity contribution in [2.24, 2.45) is 5.92 Å². The van der Waals surface area contributed by atoms with Crippen LogP contribution in [0.25, 0.3) is 0 Å². The Morgan fingerprint density at radius 2 is 1.64 bits per heavy atom. The molecular formula is C22H24N2O4. The lowest BCUT2D eigenvalue weighted by Gasteiger charge is -2.25. The first-order chi connectivity index (χ1) is 13.5.